The second-order valence-electron chi connectivity index (χ2n) is 3.04. The summed E-state index contributed by atoms with van der Waals surface area (Å²) >= 11 is 1.33. The number of aromatic nitrogens is 1. The van der Waals surface area contributed by atoms with Gasteiger partial charge in [0.1, 0.15) is 0 Å². The van der Waals surface area contributed by atoms with Crippen molar-refractivity contribution in [3.05, 3.63) is 41.4 Å². The highest BCUT2D eigenvalue weighted by molar-refractivity contribution is 7.13. The van der Waals surface area contributed by atoms with Gasteiger partial charge in [0.25, 0.3) is 0 Å². The summed E-state index contributed by atoms with van der Waals surface area (Å²) in [6.45, 7) is 0. The minimum atomic E-state index is -4.32. The first kappa shape index (κ1) is 10.9. The minimum absolute atomic E-state index is 0.379. The number of hydrogen-bond acceptors (Lipinski definition) is 3. The van der Waals surface area contributed by atoms with Crippen LogP contribution in [0.15, 0.2) is 35.8 Å². The highest BCUT2D eigenvalue weighted by Gasteiger charge is 2.30. The standard InChI is InChI=1S/C10H7F3N2S/c11-10(12,13)7-2-1-3-8(6-7)15-9-14-4-5-16-9/h1-6H,(H,14,15). The summed E-state index contributed by atoms with van der Waals surface area (Å²) in [7, 11) is 0. The van der Waals surface area contributed by atoms with E-state index in [0.29, 0.717) is 10.8 Å². The molecular formula is C10H7F3N2S. The molecule has 2 nitrogen and oxygen atoms in total. The van der Waals surface area contributed by atoms with Crippen LogP contribution in [-0.4, -0.2) is 4.98 Å². The number of thiazole rings is 1. The fraction of sp³-hybridized carbons (Fsp3) is 0.100. The summed E-state index contributed by atoms with van der Waals surface area (Å²) in [5.74, 6) is 0. The van der Waals surface area contributed by atoms with Crippen molar-refractivity contribution in [2.24, 2.45) is 0 Å². The van der Waals surface area contributed by atoms with Gasteiger partial charge in [-0.2, -0.15) is 13.2 Å². The molecule has 84 valence electrons. The van der Waals surface area contributed by atoms with Crippen molar-refractivity contribution in [3.63, 3.8) is 0 Å². The molecule has 0 aliphatic carbocycles. The number of nitrogens with one attached hydrogen (secondary N) is 1. The Morgan fingerprint density at radius 1 is 1.25 bits per heavy atom. The lowest BCUT2D eigenvalue weighted by Crippen LogP contribution is -2.05. The van der Waals surface area contributed by atoms with E-state index in [4.69, 9.17) is 0 Å². The average Bonchev–Trinajstić information content (AvgIpc) is 2.70. The molecule has 16 heavy (non-hydrogen) atoms. The molecule has 0 aliphatic heterocycles. The Kier molecular flexibility index (Phi) is 2.82. The normalized spacial score (nSPS) is 11.4. The van der Waals surface area contributed by atoms with Gasteiger partial charge in [0.2, 0.25) is 0 Å². The van der Waals surface area contributed by atoms with Crippen molar-refractivity contribution in [3.8, 4) is 0 Å². The number of alkyl halides is 3. The van der Waals surface area contributed by atoms with Crippen LogP contribution in [0.1, 0.15) is 5.56 Å². The maximum atomic E-state index is 12.4. The summed E-state index contributed by atoms with van der Waals surface area (Å²) in [5.41, 5.74) is -0.293. The highest BCUT2D eigenvalue weighted by Crippen LogP contribution is 2.31. The Bertz CT molecular complexity index is 465. The molecule has 1 heterocycles. The number of nitrogens with zero attached hydrogens (tertiary/aromatic N) is 1. The maximum absolute atomic E-state index is 12.4. The number of rotatable bonds is 2. The van der Waals surface area contributed by atoms with Crippen LogP contribution in [0.4, 0.5) is 24.0 Å². The van der Waals surface area contributed by atoms with Gasteiger partial charge in [-0.3, -0.25) is 0 Å². The first-order chi connectivity index (χ1) is 7.55. The number of hydrogen-bond donors (Lipinski definition) is 1. The van der Waals surface area contributed by atoms with Crippen LogP contribution >= 0.6 is 11.3 Å². The summed E-state index contributed by atoms with van der Waals surface area (Å²) < 4.78 is 37.2. The Morgan fingerprint density at radius 2 is 2.06 bits per heavy atom. The Balaban J connectivity index is 2.23. The molecular weight excluding hydrogens is 237 g/mol. The first-order valence-electron chi connectivity index (χ1n) is 4.39. The predicted octanol–water partition coefficient (Wildman–Crippen LogP) is 3.91. The number of halogens is 3. The van der Waals surface area contributed by atoms with Crippen LogP contribution in [0.5, 0.6) is 0 Å². The van der Waals surface area contributed by atoms with E-state index < -0.39 is 11.7 Å². The maximum Gasteiger partial charge on any atom is 0.416 e. The van der Waals surface area contributed by atoms with Crippen LogP contribution in [0, 0.1) is 0 Å². The van der Waals surface area contributed by atoms with Gasteiger partial charge in [-0.25, -0.2) is 4.98 Å². The van der Waals surface area contributed by atoms with Crippen LogP contribution < -0.4 is 5.32 Å². The molecule has 0 atom stereocenters. The molecule has 0 unspecified atom stereocenters. The Labute approximate surface area is 93.8 Å². The van der Waals surface area contributed by atoms with Gasteiger partial charge in [-0.15, -0.1) is 11.3 Å². The average molecular weight is 244 g/mol. The highest BCUT2D eigenvalue weighted by atomic mass is 32.1. The smallest absolute Gasteiger partial charge is 0.332 e. The van der Waals surface area contributed by atoms with Crippen LogP contribution in [0.2, 0.25) is 0 Å². The quantitative estimate of drug-likeness (QED) is 0.866. The topological polar surface area (TPSA) is 24.9 Å². The molecule has 0 aliphatic rings. The third kappa shape index (κ3) is 2.52. The lowest BCUT2D eigenvalue weighted by atomic mass is 10.2. The van der Waals surface area contributed by atoms with Gasteiger partial charge in [-0.1, -0.05) is 6.07 Å². The second-order valence-corrected chi connectivity index (χ2v) is 3.94. The van der Waals surface area contributed by atoms with E-state index in [1.165, 1.54) is 17.4 Å². The molecule has 0 saturated carbocycles. The van der Waals surface area contributed by atoms with Gasteiger partial charge in [-0.05, 0) is 18.2 Å². The first-order valence-corrected chi connectivity index (χ1v) is 5.27. The molecule has 0 radical (unpaired) electrons. The molecule has 1 N–H and O–H groups in total. The second kappa shape index (κ2) is 4.13. The van der Waals surface area contributed by atoms with E-state index in [1.807, 2.05) is 0 Å². The van der Waals surface area contributed by atoms with Crippen LogP contribution in [0.25, 0.3) is 0 Å². The van der Waals surface area contributed by atoms with Crippen molar-refractivity contribution in [1.82, 2.24) is 4.98 Å². The van der Waals surface area contributed by atoms with Crippen molar-refractivity contribution in [2.45, 2.75) is 6.18 Å². The van der Waals surface area contributed by atoms with Crippen molar-refractivity contribution >= 4 is 22.2 Å². The Hall–Kier alpha value is -1.56. The lowest BCUT2D eigenvalue weighted by molar-refractivity contribution is -0.137. The molecule has 2 aromatic rings. The van der Waals surface area contributed by atoms with E-state index in [0.717, 1.165) is 12.1 Å². The van der Waals surface area contributed by atoms with E-state index >= 15 is 0 Å². The van der Waals surface area contributed by atoms with Crippen molar-refractivity contribution < 1.29 is 13.2 Å². The lowest BCUT2D eigenvalue weighted by Gasteiger charge is -2.08. The zero-order valence-corrected chi connectivity index (χ0v) is 8.77. The van der Waals surface area contributed by atoms with Gasteiger partial charge >= 0.3 is 6.18 Å². The Morgan fingerprint density at radius 3 is 2.69 bits per heavy atom. The molecule has 0 spiro atoms. The molecule has 0 fully saturated rings. The van der Waals surface area contributed by atoms with E-state index in [2.05, 4.69) is 10.3 Å². The van der Waals surface area contributed by atoms with Crippen molar-refractivity contribution in [2.75, 3.05) is 5.32 Å². The molecule has 0 saturated heterocycles. The van der Waals surface area contributed by atoms with E-state index in [1.54, 1.807) is 17.6 Å². The molecule has 1 aromatic heterocycles. The largest absolute Gasteiger partial charge is 0.416 e. The number of anilines is 2. The van der Waals surface area contributed by atoms with Gasteiger partial charge in [0.15, 0.2) is 5.13 Å². The van der Waals surface area contributed by atoms with Crippen LogP contribution in [0.3, 0.4) is 0 Å². The van der Waals surface area contributed by atoms with E-state index in [9.17, 15) is 13.2 Å². The van der Waals surface area contributed by atoms with Gasteiger partial charge < -0.3 is 5.32 Å². The fourth-order valence-electron chi connectivity index (χ4n) is 1.18. The fourth-order valence-corrected chi connectivity index (χ4v) is 1.73. The zero-order valence-electron chi connectivity index (χ0n) is 7.95. The minimum Gasteiger partial charge on any atom is -0.332 e. The van der Waals surface area contributed by atoms with Gasteiger partial charge in [0, 0.05) is 17.3 Å². The molecule has 2 rings (SSSR count). The third-order valence-electron chi connectivity index (χ3n) is 1.87. The molecule has 1 aromatic carbocycles. The van der Waals surface area contributed by atoms with Crippen molar-refractivity contribution in [1.29, 1.82) is 0 Å². The monoisotopic (exact) mass is 244 g/mol. The summed E-state index contributed by atoms with van der Waals surface area (Å²) in [6.07, 6.45) is -2.73. The zero-order chi connectivity index (χ0) is 11.6. The summed E-state index contributed by atoms with van der Waals surface area (Å²) in [5, 5.41) is 5.12. The van der Waals surface area contributed by atoms with Gasteiger partial charge in [0.05, 0.1) is 5.56 Å². The molecule has 0 amide bonds. The summed E-state index contributed by atoms with van der Waals surface area (Å²) in [4.78, 5) is 3.93. The predicted molar refractivity (Wildman–Crippen MR) is 56.8 cm³/mol. The molecule has 6 heteroatoms. The van der Waals surface area contributed by atoms with E-state index in [-0.39, 0.29) is 0 Å². The summed E-state index contributed by atoms with van der Waals surface area (Å²) in [6, 6.07) is 5.02. The SMILES string of the molecule is FC(F)(F)c1cccc(Nc2nccs2)c1. The third-order valence-corrected chi connectivity index (χ3v) is 2.56. The van der Waals surface area contributed by atoms with Crippen LogP contribution in [-0.2, 0) is 6.18 Å². The molecule has 0 bridgehead atoms. The number of benzene rings is 1.